The Labute approximate surface area is 102 Å². The SMILES string of the molecule is CC1CNCC1C(=O)c1cnccc1C(F)(F)F. The number of nitrogens with one attached hydrogen (secondary N) is 1. The molecule has 2 atom stereocenters. The van der Waals surface area contributed by atoms with Crippen molar-refractivity contribution in [3.05, 3.63) is 29.6 Å². The van der Waals surface area contributed by atoms with Crippen molar-refractivity contribution in [1.82, 2.24) is 10.3 Å². The van der Waals surface area contributed by atoms with E-state index >= 15 is 0 Å². The molecule has 2 heterocycles. The Hall–Kier alpha value is -1.43. The number of carbonyl (C=O) groups is 1. The third kappa shape index (κ3) is 2.38. The Morgan fingerprint density at radius 1 is 1.44 bits per heavy atom. The van der Waals surface area contributed by atoms with Gasteiger partial charge >= 0.3 is 6.18 Å². The molecular weight excluding hydrogens is 245 g/mol. The molecule has 0 saturated carbocycles. The molecule has 2 unspecified atom stereocenters. The number of hydrogen-bond acceptors (Lipinski definition) is 3. The van der Waals surface area contributed by atoms with Crippen molar-refractivity contribution < 1.29 is 18.0 Å². The van der Waals surface area contributed by atoms with Crippen LogP contribution >= 0.6 is 0 Å². The van der Waals surface area contributed by atoms with Crippen molar-refractivity contribution in [2.75, 3.05) is 13.1 Å². The lowest BCUT2D eigenvalue weighted by Gasteiger charge is -2.16. The molecule has 1 aromatic heterocycles. The maximum absolute atomic E-state index is 12.8. The summed E-state index contributed by atoms with van der Waals surface area (Å²) in [5.74, 6) is -0.845. The molecule has 98 valence electrons. The normalized spacial score (nSPS) is 24.2. The van der Waals surface area contributed by atoms with Crippen LogP contribution < -0.4 is 5.32 Å². The summed E-state index contributed by atoms with van der Waals surface area (Å²) in [7, 11) is 0. The van der Waals surface area contributed by atoms with E-state index in [1.165, 1.54) is 0 Å². The molecule has 1 aliphatic heterocycles. The Balaban J connectivity index is 2.36. The molecule has 0 radical (unpaired) electrons. The van der Waals surface area contributed by atoms with Gasteiger partial charge in [0, 0.05) is 30.4 Å². The van der Waals surface area contributed by atoms with E-state index in [-0.39, 0.29) is 11.5 Å². The first-order valence-electron chi connectivity index (χ1n) is 5.67. The first-order chi connectivity index (χ1) is 8.41. The maximum Gasteiger partial charge on any atom is 0.417 e. The van der Waals surface area contributed by atoms with E-state index in [9.17, 15) is 18.0 Å². The van der Waals surface area contributed by atoms with Gasteiger partial charge in [0.05, 0.1) is 5.56 Å². The van der Waals surface area contributed by atoms with Gasteiger partial charge in [0.1, 0.15) is 0 Å². The molecule has 6 heteroatoms. The predicted molar refractivity (Wildman–Crippen MR) is 59.1 cm³/mol. The van der Waals surface area contributed by atoms with Crippen molar-refractivity contribution in [2.45, 2.75) is 13.1 Å². The molecule has 0 bridgehead atoms. The van der Waals surface area contributed by atoms with Crippen molar-refractivity contribution in [3.8, 4) is 0 Å². The number of pyridine rings is 1. The minimum Gasteiger partial charge on any atom is -0.316 e. The van der Waals surface area contributed by atoms with E-state index in [0.717, 1.165) is 18.5 Å². The smallest absolute Gasteiger partial charge is 0.316 e. The topological polar surface area (TPSA) is 42.0 Å². The monoisotopic (exact) mass is 258 g/mol. The first kappa shape index (κ1) is 13.0. The van der Waals surface area contributed by atoms with Gasteiger partial charge in [0.25, 0.3) is 0 Å². The number of nitrogens with zero attached hydrogens (tertiary/aromatic N) is 1. The highest BCUT2D eigenvalue weighted by molar-refractivity contribution is 5.99. The van der Waals surface area contributed by atoms with Crippen LogP contribution in [0, 0.1) is 11.8 Å². The average Bonchev–Trinajstić information content (AvgIpc) is 2.73. The zero-order valence-electron chi connectivity index (χ0n) is 9.79. The van der Waals surface area contributed by atoms with Gasteiger partial charge in [0.15, 0.2) is 5.78 Å². The fraction of sp³-hybridized carbons (Fsp3) is 0.500. The summed E-state index contributed by atoms with van der Waals surface area (Å²) in [6.07, 6.45) is -2.46. The predicted octanol–water partition coefficient (Wildman–Crippen LogP) is 2.14. The Morgan fingerprint density at radius 3 is 2.72 bits per heavy atom. The van der Waals surface area contributed by atoms with Crippen molar-refractivity contribution in [1.29, 1.82) is 0 Å². The number of carbonyl (C=O) groups excluding carboxylic acids is 1. The molecule has 0 spiro atoms. The van der Waals surface area contributed by atoms with E-state index in [1.54, 1.807) is 0 Å². The summed E-state index contributed by atoms with van der Waals surface area (Å²) in [5.41, 5.74) is -1.23. The third-order valence-corrected chi connectivity index (χ3v) is 3.25. The fourth-order valence-corrected chi connectivity index (χ4v) is 2.20. The van der Waals surface area contributed by atoms with Gasteiger partial charge in [-0.3, -0.25) is 9.78 Å². The van der Waals surface area contributed by atoms with Crippen LogP contribution in [0.5, 0.6) is 0 Å². The standard InChI is InChI=1S/C12H13F3N2O/c1-7-4-17-5-8(7)11(18)9-6-16-3-2-10(9)12(13,14)15/h2-3,6-8,17H,4-5H2,1H3. The second-order valence-electron chi connectivity index (χ2n) is 4.53. The molecule has 0 aromatic carbocycles. The van der Waals surface area contributed by atoms with Crippen LogP contribution in [0.2, 0.25) is 0 Å². The number of alkyl halides is 3. The molecule has 3 nitrogen and oxygen atoms in total. The number of hydrogen-bond donors (Lipinski definition) is 1. The van der Waals surface area contributed by atoms with Crippen LogP contribution in [0.1, 0.15) is 22.8 Å². The number of rotatable bonds is 2. The highest BCUT2D eigenvalue weighted by Crippen LogP contribution is 2.33. The zero-order chi connectivity index (χ0) is 13.3. The largest absolute Gasteiger partial charge is 0.417 e. The van der Waals surface area contributed by atoms with Gasteiger partial charge in [-0.1, -0.05) is 6.92 Å². The van der Waals surface area contributed by atoms with E-state index in [0.29, 0.717) is 13.1 Å². The fourth-order valence-electron chi connectivity index (χ4n) is 2.20. The van der Waals surface area contributed by atoms with Gasteiger partial charge in [-0.15, -0.1) is 0 Å². The highest BCUT2D eigenvalue weighted by Gasteiger charge is 2.38. The van der Waals surface area contributed by atoms with Crippen LogP contribution in [0.4, 0.5) is 13.2 Å². The third-order valence-electron chi connectivity index (χ3n) is 3.25. The van der Waals surface area contributed by atoms with Crippen LogP contribution in [0.3, 0.4) is 0 Å². The lowest BCUT2D eigenvalue weighted by atomic mass is 9.88. The van der Waals surface area contributed by atoms with Gasteiger partial charge in [-0.25, -0.2) is 0 Å². The average molecular weight is 258 g/mol. The molecule has 18 heavy (non-hydrogen) atoms. The van der Waals surface area contributed by atoms with E-state index in [1.807, 2.05) is 6.92 Å². The summed E-state index contributed by atoms with van der Waals surface area (Å²) in [5, 5.41) is 3.01. The van der Waals surface area contributed by atoms with Crippen molar-refractivity contribution in [2.24, 2.45) is 11.8 Å². The highest BCUT2D eigenvalue weighted by atomic mass is 19.4. The van der Waals surface area contributed by atoms with Crippen LogP contribution in [-0.2, 0) is 6.18 Å². The summed E-state index contributed by atoms with van der Waals surface area (Å²) < 4.78 is 38.4. The number of ketones is 1. The van der Waals surface area contributed by atoms with Crippen molar-refractivity contribution in [3.63, 3.8) is 0 Å². The Kier molecular flexibility index (Phi) is 3.38. The lowest BCUT2D eigenvalue weighted by Crippen LogP contribution is -2.24. The first-order valence-corrected chi connectivity index (χ1v) is 5.67. The zero-order valence-corrected chi connectivity index (χ0v) is 9.79. The molecule has 2 rings (SSSR count). The maximum atomic E-state index is 12.8. The molecule has 1 aromatic rings. The van der Waals surface area contributed by atoms with Crippen molar-refractivity contribution >= 4 is 5.78 Å². The van der Waals surface area contributed by atoms with Gasteiger partial charge in [-0.05, 0) is 18.5 Å². The minimum atomic E-state index is -4.52. The summed E-state index contributed by atoms with van der Waals surface area (Å²) >= 11 is 0. The molecule has 1 N–H and O–H groups in total. The molecule has 1 saturated heterocycles. The molecule has 1 aliphatic rings. The Morgan fingerprint density at radius 2 is 2.17 bits per heavy atom. The van der Waals surface area contributed by atoms with Gasteiger partial charge in [0.2, 0.25) is 0 Å². The van der Waals surface area contributed by atoms with Crippen LogP contribution in [0.15, 0.2) is 18.5 Å². The van der Waals surface area contributed by atoms with Gasteiger partial charge in [-0.2, -0.15) is 13.2 Å². The number of halogens is 3. The number of Topliss-reactive ketones (excluding diaryl/α,β-unsaturated/α-hetero) is 1. The van der Waals surface area contributed by atoms with E-state index < -0.39 is 23.4 Å². The van der Waals surface area contributed by atoms with E-state index in [4.69, 9.17) is 0 Å². The second-order valence-corrected chi connectivity index (χ2v) is 4.53. The molecular formula is C12H13F3N2O. The summed E-state index contributed by atoms with van der Waals surface area (Å²) in [4.78, 5) is 15.8. The molecule has 0 aliphatic carbocycles. The summed E-state index contributed by atoms with van der Waals surface area (Å²) in [6, 6.07) is 0.847. The molecule has 0 amide bonds. The van der Waals surface area contributed by atoms with E-state index in [2.05, 4.69) is 10.3 Å². The lowest BCUT2D eigenvalue weighted by molar-refractivity contribution is -0.138. The van der Waals surface area contributed by atoms with Gasteiger partial charge < -0.3 is 5.32 Å². The number of aromatic nitrogens is 1. The minimum absolute atomic E-state index is 0.0405. The quantitative estimate of drug-likeness (QED) is 0.826. The second kappa shape index (κ2) is 4.68. The Bertz CT molecular complexity index is 459. The van der Waals surface area contributed by atoms with Crippen LogP contribution in [-0.4, -0.2) is 23.9 Å². The van der Waals surface area contributed by atoms with Crippen LogP contribution in [0.25, 0.3) is 0 Å². The molecule has 1 fully saturated rings. The summed E-state index contributed by atoms with van der Waals surface area (Å²) in [6.45, 7) is 2.93.